The third-order valence-electron chi connectivity index (χ3n) is 5.62. The lowest BCUT2D eigenvalue weighted by molar-refractivity contribution is -0.128. The van der Waals surface area contributed by atoms with Crippen molar-refractivity contribution in [2.24, 2.45) is 10.7 Å². The first-order valence-corrected chi connectivity index (χ1v) is 9.31. The number of aliphatic imine (C=N–C) groups is 1. The summed E-state index contributed by atoms with van der Waals surface area (Å²) in [5.74, 6) is 1.07. The Bertz CT molecular complexity index is 767. The van der Waals surface area contributed by atoms with E-state index in [1.165, 1.54) is 5.56 Å². The Kier molecular flexibility index (Phi) is 5.19. The van der Waals surface area contributed by atoms with Crippen molar-refractivity contribution in [3.63, 3.8) is 0 Å². The molecule has 1 saturated heterocycles. The molecule has 1 aromatic rings. The second kappa shape index (κ2) is 7.23. The average Bonchev–Trinajstić information content (AvgIpc) is 2.98. The molecule has 0 atom stereocenters. The third-order valence-corrected chi connectivity index (χ3v) is 5.62. The van der Waals surface area contributed by atoms with Crippen molar-refractivity contribution in [2.75, 3.05) is 19.7 Å². The van der Waals surface area contributed by atoms with E-state index in [1.807, 2.05) is 44.7 Å². The summed E-state index contributed by atoms with van der Waals surface area (Å²) >= 11 is 0. The molecule has 1 amide bonds. The van der Waals surface area contributed by atoms with Gasteiger partial charge in [0.05, 0.1) is 6.61 Å². The van der Waals surface area contributed by atoms with Gasteiger partial charge in [-0.3, -0.25) is 9.79 Å². The van der Waals surface area contributed by atoms with Crippen LogP contribution in [0.2, 0.25) is 0 Å². The van der Waals surface area contributed by atoms with Gasteiger partial charge >= 0.3 is 0 Å². The van der Waals surface area contributed by atoms with Crippen LogP contribution in [0, 0.1) is 0 Å². The molecular weight excluding hydrogens is 326 g/mol. The van der Waals surface area contributed by atoms with Crippen molar-refractivity contribution in [1.29, 1.82) is 0 Å². The highest BCUT2D eigenvalue weighted by atomic mass is 16.5. The molecule has 0 bridgehead atoms. The molecular formula is C21H29N3O2. The van der Waals surface area contributed by atoms with Gasteiger partial charge in [0.2, 0.25) is 0 Å². The Morgan fingerprint density at radius 2 is 1.92 bits per heavy atom. The average molecular weight is 355 g/mol. The van der Waals surface area contributed by atoms with Crippen LogP contribution in [-0.2, 0) is 16.8 Å². The van der Waals surface area contributed by atoms with Gasteiger partial charge < -0.3 is 15.4 Å². The number of carbonyl (C=O) groups excluding carboxylic acids is 1. The van der Waals surface area contributed by atoms with E-state index in [4.69, 9.17) is 10.5 Å². The highest BCUT2D eigenvalue weighted by Crippen LogP contribution is 2.46. The Morgan fingerprint density at radius 1 is 1.23 bits per heavy atom. The highest BCUT2D eigenvalue weighted by Gasteiger charge is 2.44. The molecule has 3 rings (SSSR count). The number of allylic oxidation sites excluding steroid dienone is 1. The fraction of sp³-hybridized carbons (Fsp3) is 0.524. The van der Waals surface area contributed by atoms with E-state index < -0.39 is 0 Å². The summed E-state index contributed by atoms with van der Waals surface area (Å²) in [4.78, 5) is 19.2. The van der Waals surface area contributed by atoms with Crippen LogP contribution in [0.25, 0.3) is 0 Å². The molecule has 1 aromatic carbocycles. The summed E-state index contributed by atoms with van der Waals surface area (Å²) in [5, 5.41) is 0. The molecule has 2 aliphatic heterocycles. The van der Waals surface area contributed by atoms with Gasteiger partial charge in [-0.25, -0.2) is 0 Å². The van der Waals surface area contributed by atoms with Crippen molar-refractivity contribution in [1.82, 2.24) is 4.90 Å². The van der Waals surface area contributed by atoms with Crippen molar-refractivity contribution >= 4 is 11.6 Å². The third kappa shape index (κ3) is 3.40. The molecule has 0 saturated carbocycles. The van der Waals surface area contributed by atoms with Crippen LogP contribution in [-0.4, -0.2) is 36.2 Å². The number of benzene rings is 1. The fourth-order valence-corrected chi connectivity index (χ4v) is 3.90. The van der Waals surface area contributed by atoms with Crippen molar-refractivity contribution in [2.45, 2.75) is 52.5 Å². The second-order valence-electron chi connectivity index (χ2n) is 7.67. The van der Waals surface area contributed by atoms with Gasteiger partial charge in [-0.2, -0.15) is 0 Å². The van der Waals surface area contributed by atoms with E-state index in [-0.39, 0.29) is 11.3 Å². The fourth-order valence-electron chi connectivity index (χ4n) is 3.90. The number of ether oxygens (including phenoxy) is 1. The minimum absolute atomic E-state index is 0.0160. The van der Waals surface area contributed by atoms with Gasteiger partial charge in [-0.05, 0) is 52.2 Å². The predicted octanol–water partition coefficient (Wildman–Crippen LogP) is 3.17. The van der Waals surface area contributed by atoms with Crippen molar-refractivity contribution in [3.8, 4) is 5.75 Å². The number of nitrogens with two attached hydrogens (primary N) is 1. The molecule has 1 fully saturated rings. The van der Waals surface area contributed by atoms with E-state index in [1.54, 1.807) is 0 Å². The summed E-state index contributed by atoms with van der Waals surface area (Å²) in [7, 11) is 0. The summed E-state index contributed by atoms with van der Waals surface area (Å²) in [6, 6.07) is 6.25. The molecule has 0 aliphatic carbocycles. The van der Waals surface area contributed by atoms with Crippen LogP contribution >= 0.6 is 0 Å². The van der Waals surface area contributed by atoms with Gasteiger partial charge in [0.25, 0.3) is 5.91 Å². The zero-order valence-electron chi connectivity index (χ0n) is 16.3. The zero-order chi connectivity index (χ0) is 18.9. The summed E-state index contributed by atoms with van der Waals surface area (Å²) in [6.07, 6.45) is 1.84. The summed E-state index contributed by atoms with van der Waals surface area (Å²) in [5.41, 5.74) is 10.7. The van der Waals surface area contributed by atoms with E-state index in [0.717, 1.165) is 54.2 Å². The van der Waals surface area contributed by atoms with Crippen molar-refractivity contribution < 1.29 is 9.53 Å². The van der Waals surface area contributed by atoms with Gasteiger partial charge in [-0.1, -0.05) is 12.1 Å². The van der Waals surface area contributed by atoms with Crippen LogP contribution in [0.15, 0.2) is 34.5 Å². The van der Waals surface area contributed by atoms with E-state index in [0.29, 0.717) is 13.2 Å². The summed E-state index contributed by atoms with van der Waals surface area (Å²) in [6.45, 7) is 10.4. The molecule has 5 nitrogen and oxygen atoms in total. The molecule has 1 spiro atoms. The lowest BCUT2D eigenvalue weighted by atomic mass is 9.74. The van der Waals surface area contributed by atoms with E-state index in [2.05, 4.69) is 11.1 Å². The Balaban J connectivity index is 1.75. The minimum atomic E-state index is 0.0160. The number of hydrogen-bond donors (Lipinski definition) is 1. The lowest BCUT2D eigenvalue weighted by Crippen LogP contribution is -2.46. The maximum absolute atomic E-state index is 12.8. The number of rotatable bonds is 3. The number of nitrogens with zero attached hydrogens (tertiary/aromatic N) is 2. The quantitative estimate of drug-likeness (QED) is 0.669. The molecule has 0 aromatic heterocycles. The normalized spacial score (nSPS) is 18.9. The standard InChI is InChI=1S/C21H29N3O2/c1-14(2)23-16(4)15(3)20(25)24-9-7-21(8-10-24)13-26-19-6-5-17(12-22)11-18(19)21/h5-6,11H,7-10,12-13,22H2,1-4H3/b16-15+. The number of hydrogen-bond acceptors (Lipinski definition) is 4. The number of fused-ring (bicyclic) bond motifs is 2. The SMILES string of the molecule is CC(C)=N/C(C)=C(\C)C(=O)N1CCC2(CC1)COc1ccc(CN)cc12. The molecule has 0 radical (unpaired) electrons. The van der Waals surface area contributed by atoms with Crippen LogP contribution < -0.4 is 10.5 Å². The van der Waals surface area contributed by atoms with Gasteiger partial charge in [0, 0.05) is 47.6 Å². The van der Waals surface area contributed by atoms with Crippen molar-refractivity contribution in [3.05, 3.63) is 40.6 Å². The second-order valence-corrected chi connectivity index (χ2v) is 7.67. The van der Waals surface area contributed by atoms with E-state index in [9.17, 15) is 4.79 Å². The maximum atomic E-state index is 12.8. The predicted molar refractivity (Wildman–Crippen MR) is 104 cm³/mol. The number of piperidine rings is 1. The molecule has 5 heteroatoms. The Labute approximate surface area is 155 Å². The number of carbonyl (C=O) groups is 1. The number of amides is 1. The first-order valence-electron chi connectivity index (χ1n) is 9.31. The molecule has 2 aliphatic rings. The lowest BCUT2D eigenvalue weighted by Gasteiger charge is -2.38. The molecule has 26 heavy (non-hydrogen) atoms. The molecule has 2 N–H and O–H groups in total. The topological polar surface area (TPSA) is 67.9 Å². The van der Waals surface area contributed by atoms with Gasteiger partial charge in [-0.15, -0.1) is 0 Å². The molecule has 0 unspecified atom stereocenters. The smallest absolute Gasteiger partial charge is 0.251 e. The minimum Gasteiger partial charge on any atom is -0.492 e. The first kappa shape index (κ1) is 18.6. The van der Waals surface area contributed by atoms with Crippen LogP contribution in [0.1, 0.15) is 51.7 Å². The van der Waals surface area contributed by atoms with Crippen LogP contribution in [0.3, 0.4) is 0 Å². The Morgan fingerprint density at radius 3 is 2.54 bits per heavy atom. The highest BCUT2D eigenvalue weighted by molar-refractivity contribution is 5.94. The van der Waals surface area contributed by atoms with Gasteiger partial charge in [0.1, 0.15) is 5.75 Å². The van der Waals surface area contributed by atoms with Crippen LogP contribution in [0.5, 0.6) is 5.75 Å². The first-order chi connectivity index (χ1) is 12.4. The monoisotopic (exact) mass is 355 g/mol. The molecule has 140 valence electrons. The zero-order valence-corrected chi connectivity index (χ0v) is 16.3. The number of likely N-dealkylation sites (tertiary alicyclic amines) is 1. The molecule has 2 heterocycles. The maximum Gasteiger partial charge on any atom is 0.251 e. The summed E-state index contributed by atoms with van der Waals surface area (Å²) < 4.78 is 5.95. The largest absolute Gasteiger partial charge is 0.492 e. The van der Waals surface area contributed by atoms with E-state index >= 15 is 0 Å². The van der Waals surface area contributed by atoms with Crippen LogP contribution in [0.4, 0.5) is 0 Å². The Hall–Kier alpha value is -2.14. The van der Waals surface area contributed by atoms with Gasteiger partial charge in [0.15, 0.2) is 0 Å².